The maximum Gasteiger partial charge on any atom is 0.118 e. The van der Waals surface area contributed by atoms with Crippen molar-refractivity contribution in [2.45, 2.75) is 38.5 Å². The fraction of sp³-hybridized carbons (Fsp3) is 0.400. The lowest BCUT2D eigenvalue weighted by Gasteiger charge is -2.19. The molecule has 2 rings (SSSR count). The molecule has 0 saturated carbocycles. The molecule has 118 valence electrons. The first-order valence-electron chi connectivity index (χ1n) is 8.06. The summed E-state index contributed by atoms with van der Waals surface area (Å²) < 4.78 is 10.5. The number of hydrogen-bond donors (Lipinski definition) is 0. The molecule has 0 heterocycles. The summed E-state index contributed by atoms with van der Waals surface area (Å²) in [6.45, 7) is 2.25. The molecule has 0 N–H and O–H groups in total. The second-order valence-corrected chi connectivity index (χ2v) is 5.59. The molecule has 0 aliphatic heterocycles. The van der Waals surface area contributed by atoms with Crippen LogP contribution in [0.2, 0.25) is 0 Å². The Morgan fingerprint density at radius 1 is 0.727 bits per heavy atom. The summed E-state index contributed by atoms with van der Waals surface area (Å²) in [5.41, 5.74) is 2.70. The van der Waals surface area contributed by atoms with E-state index < -0.39 is 0 Å². The quantitative estimate of drug-likeness (QED) is 0.606. The van der Waals surface area contributed by atoms with Crippen LogP contribution in [-0.2, 0) is 0 Å². The molecular weight excluding hydrogens is 272 g/mol. The smallest absolute Gasteiger partial charge is 0.118 e. The van der Waals surface area contributed by atoms with E-state index in [9.17, 15) is 0 Å². The average molecular weight is 298 g/mol. The second kappa shape index (κ2) is 8.47. The molecule has 0 aromatic heterocycles. The highest BCUT2D eigenvalue weighted by Gasteiger charge is 2.14. The zero-order valence-corrected chi connectivity index (χ0v) is 13.8. The summed E-state index contributed by atoms with van der Waals surface area (Å²) in [4.78, 5) is 0. The molecule has 2 heteroatoms. The Balaban J connectivity index is 2.23. The van der Waals surface area contributed by atoms with Gasteiger partial charge in [0, 0.05) is 5.92 Å². The maximum atomic E-state index is 5.27. The number of methoxy groups -OCH3 is 2. The largest absolute Gasteiger partial charge is 0.497 e. The third kappa shape index (κ3) is 4.27. The summed E-state index contributed by atoms with van der Waals surface area (Å²) >= 11 is 0. The van der Waals surface area contributed by atoms with Gasteiger partial charge in [-0.1, -0.05) is 50.5 Å². The standard InChI is InChI=1S/C20H26O2/c1-4-5-6-7-20(16-8-12-18(21-2)13-9-16)17-10-14-19(22-3)15-11-17/h8-15,20H,4-7H2,1-3H3. The highest BCUT2D eigenvalue weighted by atomic mass is 16.5. The molecule has 0 amide bonds. The van der Waals surface area contributed by atoms with Crippen molar-refractivity contribution < 1.29 is 9.47 Å². The fourth-order valence-electron chi connectivity index (χ4n) is 2.80. The summed E-state index contributed by atoms with van der Waals surface area (Å²) in [6.07, 6.45) is 4.95. The average Bonchev–Trinajstić information content (AvgIpc) is 2.59. The van der Waals surface area contributed by atoms with Crippen molar-refractivity contribution in [3.63, 3.8) is 0 Å². The molecule has 0 radical (unpaired) electrons. The Hall–Kier alpha value is -1.96. The van der Waals surface area contributed by atoms with Gasteiger partial charge in [0.05, 0.1) is 14.2 Å². The van der Waals surface area contributed by atoms with Crippen LogP contribution in [0.3, 0.4) is 0 Å². The molecule has 0 bridgehead atoms. The third-order valence-electron chi connectivity index (χ3n) is 4.13. The van der Waals surface area contributed by atoms with Crippen molar-refractivity contribution >= 4 is 0 Å². The minimum Gasteiger partial charge on any atom is -0.497 e. The summed E-state index contributed by atoms with van der Waals surface area (Å²) in [6, 6.07) is 16.9. The summed E-state index contributed by atoms with van der Waals surface area (Å²) in [5, 5.41) is 0. The van der Waals surface area contributed by atoms with Crippen molar-refractivity contribution in [3.8, 4) is 11.5 Å². The van der Waals surface area contributed by atoms with Crippen molar-refractivity contribution in [2.75, 3.05) is 14.2 Å². The number of hydrogen-bond acceptors (Lipinski definition) is 2. The molecule has 2 aromatic carbocycles. The summed E-state index contributed by atoms with van der Waals surface area (Å²) in [7, 11) is 3.41. The zero-order chi connectivity index (χ0) is 15.8. The molecule has 0 spiro atoms. The summed E-state index contributed by atoms with van der Waals surface area (Å²) in [5.74, 6) is 2.25. The van der Waals surface area contributed by atoms with Gasteiger partial charge in [-0.25, -0.2) is 0 Å². The normalized spacial score (nSPS) is 10.7. The van der Waals surface area contributed by atoms with Crippen LogP contribution in [0.25, 0.3) is 0 Å². The van der Waals surface area contributed by atoms with Crippen molar-refractivity contribution in [3.05, 3.63) is 59.7 Å². The Bertz CT molecular complexity index is 495. The predicted octanol–water partition coefficient (Wildman–Crippen LogP) is 5.42. The van der Waals surface area contributed by atoms with Crippen LogP contribution < -0.4 is 9.47 Å². The Morgan fingerprint density at radius 3 is 1.55 bits per heavy atom. The SMILES string of the molecule is CCCCCC(c1ccc(OC)cc1)c1ccc(OC)cc1. The van der Waals surface area contributed by atoms with Gasteiger partial charge in [0.1, 0.15) is 11.5 Å². The van der Waals surface area contributed by atoms with E-state index in [1.165, 1.54) is 36.8 Å². The van der Waals surface area contributed by atoms with E-state index in [-0.39, 0.29) is 0 Å². The fourth-order valence-corrected chi connectivity index (χ4v) is 2.80. The van der Waals surface area contributed by atoms with Gasteiger partial charge in [-0.05, 0) is 41.8 Å². The van der Waals surface area contributed by atoms with Crippen molar-refractivity contribution in [2.24, 2.45) is 0 Å². The minimum absolute atomic E-state index is 0.434. The van der Waals surface area contributed by atoms with Crippen LogP contribution in [0.5, 0.6) is 11.5 Å². The number of rotatable bonds is 8. The first-order chi connectivity index (χ1) is 10.8. The van der Waals surface area contributed by atoms with Gasteiger partial charge in [0.15, 0.2) is 0 Å². The monoisotopic (exact) mass is 298 g/mol. The Kier molecular flexibility index (Phi) is 6.32. The Labute approximate surface area is 134 Å². The van der Waals surface area contributed by atoms with E-state index in [2.05, 4.69) is 31.2 Å². The third-order valence-corrected chi connectivity index (χ3v) is 4.13. The second-order valence-electron chi connectivity index (χ2n) is 5.59. The van der Waals surface area contributed by atoms with Gasteiger partial charge in [-0.15, -0.1) is 0 Å². The van der Waals surface area contributed by atoms with E-state index in [1.807, 2.05) is 24.3 Å². The van der Waals surface area contributed by atoms with Gasteiger partial charge in [-0.2, -0.15) is 0 Å². The lowest BCUT2D eigenvalue weighted by atomic mass is 9.87. The van der Waals surface area contributed by atoms with Crippen LogP contribution in [0.1, 0.15) is 49.7 Å². The first-order valence-corrected chi connectivity index (χ1v) is 8.06. The molecule has 0 fully saturated rings. The molecule has 22 heavy (non-hydrogen) atoms. The van der Waals surface area contributed by atoms with Crippen LogP contribution in [0.15, 0.2) is 48.5 Å². The van der Waals surface area contributed by atoms with Gasteiger partial charge in [-0.3, -0.25) is 0 Å². The van der Waals surface area contributed by atoms with E-state index >= 15 is 0 Å². The van der Waals surface area contributed by atoms with Crippen LogP contribution >= 0.6 is 0 Å². The molecule has 0 aliphatic carbocycles. The molecule has 0 aliphatic rings. The molecule has 2 aromatic rings. The topological polar surface area (TPSA) is 18.5 Å². The van der Waals surface area contributed by atoms with E-state index in [0.717, 1.165) is 11.5 Å². The van der Waals surface area contributed by atoms with Gasteiger partial charge in [0.25, 0.3) is 0 Å². The molecule has 2 nitrogen and oxygen atoms in total. The van der Waals surface area contributed by atoms with Crippen molar-refractivity contribution in [1.82, 2.24) is 0 Å². The zero-order valence-electron chi connectivity index (χ0n) is 13.8. The number of ether oxygens (including phenoxy) is 2. The van der Waals surface area contributed by atoms with Gasteiger partial charge >= 0.3 is 0 Å². The van der Waals surface area contributed by atoms with E-state index in [1.54, 1.807) is 14.2 Å². The molecular formula is C20H26O2. The number of unbranched alkanes of at least 4 members (excludes halogenated alkanes) is 2. The van der Waals surface area contributed by atoms with Crippen LogP contribution in [-0.4, -0.2) is 14.2 Å². The lowest BCUT2D eigenvalue weighted by molar-refractivity contribution is 0.414. The lowest BCUT2D eigenvalue weighted by Crippen LogP contribution is -2.02. The number of benzene rings is 2. The molecule has 0 saturated heterocycles. The highest BCUT2D eigenvalue weighted by Crippen LogP contribution is 2.32. The van der Waals surface area contributed by atoms with E-state index in [0.29, 0.717) is 5.92 Å². The predicted molar refractivity (Wildman–Crippen MR) is 92.0 cm³/mol. The first kappa shape index (κ1) is 16.4. The highest BCUT2D eigenvalue weighted by molar-refractivity contribution is 5.38. The molecule has 0 atom stereocenters. The minimum atomic E-state index is 0.434. The van der Waals surface area contributed by atoms with Gasteiger partial charge < -0.3 is 9.47 Å². The van der Waals surface area contributed by atoms with Gasteiger partial charge in [0.2, 0.25) is 0 Å². The maximum absolute atomic E-state index is 5.27. The molecule has 0 unspecified atom stereocenters. The van der Waals surface area contributed by atoms with Crippen molar-refractivity contribution in [1.29, 1.82) is 0 Å². The van der Waals surface area contributed by atoms with Crippen LogP contribution in [0, 0.1) is 0 Å². The van der Waals surface area contributed by atoms with E-state index in [4.69, 9.17) is 9.47 Å². The Morgan fingerprint density at radius 2 is 1.18 bits per heavy atom. The van der Waals surface area contributed by atoms with Crippen LogP contribution in [0.4, 0.5) is 0 Å².